The third-order valence-corrected chi connectivity index (χ3v) is 1.85. The number of hydrogen-bond donors (Lipinski definition) is 2. The number of rotatable bonds is 5. The van der Waals surface area contributed by atoms with Crippen molar-refractivity contribution in [2.24, 2.45) is 0 Å². The van der Waals surface area contributed by atoms with Crippen molar-refractivity contribution in [3.8, 4) is 17.2 Å². The van der Waals surface area contributed by atoms with Gasteiger partial charge in [0.05, 0.1) is 26.5 Å². The number of aliphatic hydroxyl groups excluding tert-OH is 1. The van der Waals surface area contributed by atoms with E-state index in [2.05, 4.69) is 0 Å². The zero-order valence-electron chi connectivity index (χ0n) is 8.82. The highest BCUT2D eigenvalue weighted by Gasteiger charge is 2.11. The molecule has 0 amide bonds. The van der Waals surface area contributed by atoms with Crippen LogP contribution in [0.1, 0.15) is 0 Å². The molecule has 0 spiro atoms. The Bertz CT molecular complexity index is 327. The van der Waals surface area contributed by atoms with E-state index >= 15 is 0 Å². The molecule has 84 valence electrons. The minimum absolute atomic E-state index is 0.0748. The zero-order chi connectivity index (χ0) is 11.3. The van der Waals surface area contributed by atoms with Crippen LogP contribution in [0.25, 0.3) is 0 Å². The number of nitrogens with two attached hydrogens (primary N) is 1. The first-order valence-electron chi connectivity index (χ1n) is 4.48. The Hall–Kier alpha value is -1.62. The van der Waals surface area contributed by atoms with Crippen LogP contribution in [0.15, 0.2) is 12.1 Å². The smallest absolute Gasteiger partial charge is 0.184 e. The molecule has 0 aliphatic carbocycles. The summed E-state index contributed by atoms with van der Waals surface area (Å²) in [6.45, 7) is 0.0987. The maximum Gasteiger partial charge on any atom is 0.184 e. The standard InChI is InChI=1S/C10H15NO4/c1-13-7-5-8(11)10(15-4-3-12)9(6-7)14-2/h5-6,12H,3-4,11H2,1-2H3. The summed E-state index contributed by atoms with van der Waals surface area (Å²) in [6.07, 6.45) is 0. The van der Waals surface area contributed by atoms with Crippen molar-refractivity contribution in [2.45, 2.75) is 0 Å². The number of hydrogen-bond acceptors (Lipinski definition) is 5. The second-order valence-corrected chi connectivity index (χ2v) is 2.82. The monoisotopic (exact) mass is 213 g/mol. The van der Waals surface area contributed by atoms with Crippen LogP contribution in [-0.2, 0) is 0 Å². The van der Waals surface area contributed by atoms with Gasteiger partial charge in [-0.15, -0.1) is 0 Å². The molecule has 0 aliphatic rings. The Morgan fingerprint density at radius 1 is 1.27 bits per heavy atom. The van der Waals surface area contributed by atoms with E-state index in [0.29, 0.717) is 22.9 Å². The summed E-state index contributed by atoms with van der Waals surface area (Å²) in [6, 6.07) is 3.30. The van der Waals surface area contributed by atoms with Gasteiger partial charge in [-0.25, -0.2) is 0 Å². The average molecular weight is 213 g/mol. The Kier molecular flexibility index (Phi) is 4.05. The molecule has 5 nitrogen and oxygen atoms in total. The molecule has 0 unspecified atom stereocenters. The average Bonchev–Trinajstić information content (AvgIpc) is 2.26. The van der Waals surface area contributed by atoms with Crippen molar-refractivity contribution in [3.63, 3.8) is 0 Å². The van der Waals surface area contributed by atoms with Gasteiger partial charge >= 0.3 is 0 Å². The molecule has 0 bridgehead atoms. The minimum atomic E-state index is -0.0748. The lowest BCUT2D eigenvalue weighted by molar-refractivity contribution is 0.197. The fraction of sp³-hybridized carbons (Fsp3) is 0.400. The fourth-order valence-electron chi connectivity index (χ4n) is 1.17. The van der Waals surface area contributed by atoms with E-state index in [4.69, 9.17) is 25.1 Å². The van der Waals surface area contributed by atoms with Crippen LogP contribution in [0.3, 0.4) is 0 Å². The first kappa shape index (κ1) is 11.5. The molecule has 1 rings (SSSR count). The van der Waals surface area contributed by atoms with Gasteiger partial charge in [0.15, 0.2) is 11.5 Å². The van der Waals surface area contributed by atoms with Crippen molar-refractivity contribution in [3.05, 3.63) is 12.1 Å². The van der Waals surface area contributed by atoms with E-state index in [1.165, 1.54) is 7.11 Å². The van der Waals surface area contributed by atoms with Crippen molar-refractivity contribution in [1.29, 1.82) is 0 Å². The Morgan fingerprint density at radius 2 is 2.00 bits per heavy atom. The van der Waals surface area contributed by atoms with Crippen LogP contribution in [0, 0.1) is 0 Å². The molecule has 0 aromatic heterocycles. The van der Waals surface area contributed by atoms with E-state index in [-0.39, 0.29) is 13.2 Å². The highest BCUT2D eigenvalue weighted by Crippen LogP contribution is 2.37. The largest absolute Gasteiger partial charge is 0.497 e. The highest BCUT2D eigenvalue weighted by atomic mass is 16.5. The third kappa shape index (κ3) is 2.66. The lowest BCUT2D eigenvalue weighted by Gasteiger charge is -2.13. The quantitative estimate of drug-likeness (QED) is 0.703. The van der Waals surface area contributed by atoms with E-state index in [1.807, 2.05) is 0 Å². The molecule has 3 N–H and O–H groups in total. The van der Waals surface area contributed by atoms with Crippen molar-refractivity contribution in [2.75, 3.05) is 33.2 Å². The van der Waals surface area contributed by atoms with Crippen LogP contribution in [0.4, 0.5) is 5.69 Å². The Balaban J connectivity index is 3.01. The summed E-state index contributed by atoms with van der Waals surface area (Å²) in [5.41, 5.74) is 6.16. The summed E-state index contributed by atoms with van der Waals surface area (Å²) >= 11 is 0. The molecule has 1 aromatic rings. The molecule has 1 aromatic carbocycles. The normalized spacial score (nSPS) is 9.80. The van der Waals surface area contributed by atoms with Gasteiger partial charge in [0.2, 0.25) is 0 Å². The number of anilines is 1. The zero-order valence-corrected chi connectivity index (χ0v) is 8.82. The van der Waals surface area contributed by atoms with Crippen molar-refractivity contribution >= 4 is 5.69 Å². The summed E-state index contributed by atoms with van der Waals surface area (Å²) in [7, 11) is 3.06. The van der Waals surface area contributed by atoms with E-state index in [0.717, 1.165) is 0 Å². The van der Waals surface area contributed by atoms with Gasteiger partial charge in [0.1, 0.15) is 12.4 Å². The third-order valence-electron chi connectivity index (χ3n) is 1.85. The summed E-state index contributed by atoms with van der Waals surface area (Å²) in [5, 5.41) is 8.65. The highest BCUT2D eigenvalue weighted by molar-refractivity contribution is 5.63. The predicted octanol–water partition coefficient (Wildman–Crippen LogP) is 0.657. The summed E-state index contributed by atoms with van der Waals surface area (Å²) in [5.74, 6) is 1.51. The molecule has 0 heterocycles. The number of methoxy groups -OCH3 is 2. The van der Waals surface area contributed by atoms with Gasteiger partial charge < -0.3 is 25.1 Å². The second-order valence-electron chi connectivity index (χ2n) is 2.82. The molecule has 0 saturated carbocycles. The molecule has 0 radical (unpaired) electrons. The molecule has 5 heteroatoms. The fourth-order valence-corrected chi connectivity index (χ4v) is 1.17. The van der Waals surface area contributed by atoms with E-state index < -0.39 is 0 Å². The molecule has 0 aliphatic heterocycles. The minimum Gasteiger partial charge on any atom is -0.497 e. The van der Waals surface area contributed by atoms with Gasteiger partial charge in [0.25, 0.3) is 0 Å². The Morgan fingerprint density at radius 3 is 2.53 bits per heavy atom. The second kappa shape index (κ2) is 5.31. The summed E-state index contributed by atoms with van der Waals surface area (Å²) in [4.78, 5) is 0. The van der Waals surface area contributed by atoms with Gasteiger partial charge in [-0.05, 0) is 0 Å². The van der Waals surface area contributed by atoms with E-state index in [9.17, 15) is 0 Å². The van der Waals surface area contributed by atoms with Crippen LogP contribution in [-0.4, -0.2) is 32.5 Å². The van der Waals surface area contributed by atoms with Crippen LogP contribution in [0.2, 0.25) is 0 Å². The Labute approximate surface area is 88.4 Å². The molecule has 0 saturated heterocycles. The number of benzene rings is 1. The van der Waals surface area contributed by atoms with Crippen LogP contribution in [0.5, 0.6) is 17.2 Å². The van der Waals surface area contributed by atoms with Gasteiger partial charge in [-0.2, -0.15) is 0 Å². The van der Waals surface area contributed by atoms with Gasteiger partial charge in [-0.1, -0.05) is 0 Å². The molecular formula is C10H15NO4. The molecule has 0 atom stereocenters. The molecule has 15 heavy (non-hydrogen) atoms. The first-order chi connectivity index (χ1) is 7.22. The molecule has 0 fully saturated rings. The van der Waals surface area contributed by atoms with Gasteiger partial charge in [-0.3, -0.25) is 0 Å². The number of aliphatic hydroxyl groups is 1. The lowest BCUT2D eigenvalue weighted by Crippen LogP contribution is -2.05. The first-order valence-corrected chi connectivity index (χ1v) is 4.48. The van der Waals surface area contributed by atoms with Crippen LogP contribution >= 0.6 is 0 Å². The lowest BCUT2D eigenvalue weighted by atomic mass is 10.2. The predicted molar refractivity (Wildman–Crippen MR) is 56.5 cm³/mol. The van der Waals surface area contributed by atoms with Crippen molar-refractivity contribution < 1.29 is 19.3 Å². The number of ether oxygens (including phenoxy) is 3. The topological polar surface area (TPSA) is 73.9 Å². The number of nitrogen functional groups attached to an aromatic ring is 1. The summed E-state index contributed by atoms with van der Waals surface area (Å²) < 4.78 is 15.4. The maximum absolute atomic E-state index is 8.65. The SMILES string of the molecule is COc1cc(N)c(OCCO)c(OC)c1. The van der Waals surface area contributed by atoms with E-state index in [1.54, 1.807) is 19.2 Å². The van der Waals surface area contributed by atoms with Gasteiger partial charge in [0, 0.05) is 12.1 Å². The van der Waals surface area contributed by atoms with Crippen LogP contribution < -0.4 is 19.9 Å². The maximum atomic E-state index is 8.65. The molecular weight excluding hydrogens is 198 g/mol. The van der Waals surface area contributed by atoms with Crippen molar-refractivity contribution in [1.82, 2.24) is 0 Å².